The van der Waals surface area contributed by atoms with Crippen molar-refractivity contribution in [2.75, 3.05) is 12.4 Å². The van der Waals surface area contributed by atoms with Gasteiger partial charge in [0.05, 0.1) is 13.0 Å². The summed E-state index contributed by atoms with van der Waals surface area (Å²) in [4.78, 5) is 25.6. The minimum atomic E-state index is -0.509. The van der Waals surface area contributed by atoms with Gasteiger partial charge in [-0.1, -0.05) is 22.0 Å². The molecule has 2 rings (SSSR count). The third kappa shape index (κ3) is 3.27. The maximum absolute atomic E-state index is 12.3. The summed E-state index contributed by atoms with van der Waals surface area (Å²) in [6.07, 6.45) is 0.190. The molecule has 0 saturated carbocycles. The average Bonchev–Trinajstić information content (AvgIpc) is 2.68. The first kappa shape index (κ1) is 16.0. The lowest BCUT2D eigenvalue weighted by Crippen LogP contribution is -2.39. The van der Waals surface area contributed by atoms with Gasteiger partial charge < -0.3 is 10.1 Å². The fourth-order valence-electron chi connectivity index (χ4n) is 2.48. The van der Waals surface area contributed by atoms with Crippen molar-refractivity contribution >= 4 is 33.4 Å². The molecule has 0 spiro atoms. The molecule has 0 bridgehead atoms. The van der Waals surface area contributed by atoms with Gasteiger partial charge in [0.2, 0.25) is 5.91 Å². The number of benzene rings is 1. The molecular weight excluding hydrogens is 336 g/mol. The molecule has 6 heteroatoms. The SMILES string of the molecule is COCc1c(Br)cccc1NC1CC(=O)N(C(C)C)C1=O. The molecule has 1 fully saturated rings. The number of imide groups is 1. The van der Waals surface area contributed by atoms with Crippen LogP contribution in [-0.4, -0.2) is 35.9 Å². The van der Waals surface area contributed by atoms with Crippen LogP contribution < -0.4 is 5.32 Å². The van der Waals surface area contributed by atoms with E-state index < -0.39 is 6.04 Å². The van der Waals surface area contributed by atoms with Crippen molar-refractivity contribution in [2.45, 2.75) is 39.0 Å². The van der Waals surface area contributed by atoms with Crippen LogP contribution in [0.2, 0.25) is 0 Å². The Morgan fingerprint density at radius 1 is 1.43 bits per heavy atom. The van der Waals surface area contributed by atoms with E-state index in [1.165, 1.54) is 4.90 Å². The van der Waals surface area contributed by atoms with Crippen LogP contribution in [0.3, 0.4) is 0 Å². The number of nitrogens with one attached hydrogen (secondary N) is 1. The molecule has 114 valence electrons. The van der Waals surface area contributed by atoms with Gasteiger partial charge in [0.15, 0.2) is 0 Å². The number of carbonyl (C=O) groups is 2. The lowest BCUT2D eigenvalue weighted by Gasteiger charge is -2.20. The van der Waals surface area contributed by atoms with Crippen molar-refractivity contribution < 1.29 is 14.3 Å². The molecular formula is C15H19BrN2O3. The molecule has 1 saturated heterocycles. The summed E-state index contributed by atoms with van der Waals surface area (Å²) in [6.45, 7) is 4.10. The second kappa shape index (κ2) is 6.58. The van der Waals surface area contributed by atoms with Crippen LogP contribution in [0.4, 0.5) is 5.69 Å². The Balaban J connectivity index is 2.22. The standard InChI is InChI=1S/C15H19BrN2O3/c1-9(2)18-14(19)7-13(15(18)20)17-12-6-4-5-11(16)10(12)8-21-3/h4-6,9,13,17H,7-8H2,1-3H3. The highest BCUT2D eigenvalue weighted by Crippen LogP contribution is 2.28. The Bertz CT molecular complexity index is 560. The van der Waals surface area contributed by atoms with Gasteiger partial charge in [0.25, 0.3) is 5.91 Å². The third-order valence-electron chi connectivity index (χ3n) is 3.44. The zero-order chi connectivity index (χ0) is 15.6. The van der Waals surface area contributed by atoms with Crippen LogP contribution in [-0.2, 0) is 20.9 Å². The van der Waals surface area contributed by atoms with Crippen molar-refractivity contribution in [3.63, 3.8) is 0 Å². The smallest absolute Gasteiger partial charge is 0.252 e. The largest absolute Gasteiger partial charge is 0.380 e. The number of anilines is 1. The van der Waals surface area contributed by atoms with Gasteiger partial charge in [-0.15, -0.1) is 0 Å². The predicted octanol–water partition coefficient (Wildman–Crippen LogP) is 2.54. The van der Waals surface area contributed by atoms with Gasteiger partial charge in [-0.05, 0) is 26.0 Å². The summed E-state index contributed by atoms with van der Waals surface area (Å²) in [6, 6.07) is 5.06. The number of hydrogen-bond acceptors (Lipinski definition) is 4. The van der Waals surface area contributed by atoms with E-state index in [2.05, 4.69) is 21.2 Å². The van der Waals surface area contributed by atoms with Gasteiger partial charge in [-0.25, -0.2) is 0 Å². The summed E-state index contributed by atoms with van der Waals surface area (Å²) >= 11 is 3.48. The van der Waals surface area contributed by atoms with E-state index in [0.717, 1.165) is 15.7 Å². The fraction of sp³-hybridized carbons (Fsp3) is 0.467. The molecule has 1 aromatic carbocycles. The molecule has 1 unspecified atom stereocenters. The molecule has 0 aliphatic carbocycles. The Morgan fingerprint density at radius 3 is 2.71 bits per heavy atom. The van der Waals surface area contributed by atoms with Crippen LogP contribution in [0.1, 0.15) is 25.8 Å². The van der Waals surface area contributed by atoms with E-state index in [4.69, 9.17) is 4.74 Å². The Kier molecular flexibility index (Phi) is 5.00. The summed E-state index contributed by atoms with van der Waals surface area (Å²) in [5.41, 5.74) is 1.74. The van der Waals surface area contributed by atoms with Crippen LogP contribution >= 0.6 is 15.9 Å². The number of carbonyl (C=O) groups excluding carboxylic acids is 2. The number of ether oxygens (including phenoxy) is 1. The van der Waals surface area contributed by atoms with Gasteiger partial charge in [-0.3, -0.25) is 14.5 Å². The maximum atomic E-state index is 12.3. The molecule has 1 heterocycles. The Morgan fingerprint density at radius 2 is 2.14 bits per heavy atom. The molecule has 1 aliphatic heterocycles. The van der Waals surface area contributed by atoms with Crippen molar-refractivity contribution in [3.05, 3.63) is 28.2 Å². The Labute approximate surface area is 132 Å². The van der Waals surface area contributed by atoms with Crippen LogP contribution in [0, 0.1) is 0 Å². The lowest BCUT2D eigenvalue weighted by atomic mass is 10.1. The molecule has 1 atom stereocenters. The number of nitrogens with zero attached hydrogens (tertiary/aromatic N) is 1. The summed E-state index contributed by atoms with van der Waals surface area (Å²) < 4.78 is 6.10. The predicted molar refractivity (Wildman–Crippen MR) is 83.9 cm³/mol. The number of hydrogen-bond donors (Lipinski definition) is 1. The zero-order valence-electron chi connectivity index (χ0n) is 12.4. The monoisotopic (exact) mass is 354 g/mol. The number of likely N-dealkylation sites (tertiary alicyclic amines) is 1. The van der Waals surface area contributed by atoms with Crippen molar-refractivity contribution in [1.29, 1.82) is 0 Å². The fourth-order valence-corrected chi connectivity index (χ4v) is 2.96. The van der Waals surface area contributed by atoms with Crippen LogP contribution in [0.25, 0.3) is 0 Å². The van der Waals surface area contributed by atoms with E-state index in [1.54, 1.807) is 7.11 Å². The summed E-state index contributed by atoms with van der Waals surface area (Å²) in [7, 11) is 1.62. The highest BCUT2D eigenvalue weighted by atomic mass is 79.9. The van der Waals surface area contributed by atoms with E-state index in [1.807, 2.05) is 32.0 Å². The number of amides is 2. The normalized spacial score (nSPS) is 18.7. The second-order valence-corrected chi connectivity index (χ2v) is 6.15. The van der Waals surface area contributed by atoms with Gasteiger partial charge in [0.1, 0.15) is 6.04 Å². The van der Waals surface area contributed by atoms with E-state index in [-0.39, 0.29) is 24.3 Å². The van der Waals surface area contributed by atoms with Crippen molar-refractivity contribution in [3.8, 4) is 0 Å². The van der Waals surface area contributed by atoms with Gasteiger partial charge in [0, 0.05) is 28.9 Å². The van der Waals surface area contributed by atoms with E-state index in [0.29, 0.717) is 6.61 Å². The van der Waals surface area contributed by atoms with Crippen molar-refractivity contribution in [2.24, 2.45) is 0 Å². The maximum Gasteiger partial charge on any atom is 0.252 e. The number of halogens is 1. The summed E-state index contributed by atoms with van der Waals surface area (Å²) in [5, 5.41) is 3.18. The molecule has 1 aliphatic rings. The first-order chi connectivity index (χ1) is 9.95. The summed E-state index contributed by atoms with van der Waals surface area (Å²) in [5.74, 6) is -0.297. The molecule has 21 heavy (non-hydrogen) atoms. The first-order valence-corrected chi connectivity index (χ1v) is 7.63. The van der Waals surface area contributed by atoms with Gasteiger partial charge >= 0.3 is 0 Å². The molecule has 1 N–H and O–H groups in total. The zero-order valence-corrected chi connectivity index (χ0v) is 13.9. The Hall–Kier alpha value is -1.40. The molecule has 2 amide bonds. The minimum Gasteiger partial charge on any atom is -0.380 e. The van der Waals surface area contributed by atoms with E-state index in [9.17, 15) is 9.59 Å². The third-order valence-corrected chi connectivity index (χ3v) is 4.18. The first-order valence-electron chi connectivity index (χ1n) is 6.84. The van der Waals surface area contributed by atoms with Crippen LogP contribution in [0.5, 0.6) is 0 Å². The van der Waals surface area contributed by atoms with Gasteiger partial charge in [-0.2, -0.15) is 0 Å². The van der Waals surface area contributed by atoms with Crippen molar-refractivity contribution in [1.82, 2.24) is 4.90 Å². The minimum absolute atomic E-state index is 0.113. The molecule has 5 nitrogen and oxygen atoms in total. The lowest BCUT2D eigenvalue weighted by molar-refractivity contribution is -0.140. The quantitative estimate of drug-likeness (QED) is 0.825. The molecule has 1 aromatic rings. The van der Waals surface area contributed by atoms with Crippen LogP contribution in [0.15, 0.2) is 22.7 Å². The number of methoxy groups -OCH3 is 1. The second-order valence-electron chi connectivity index (χ2n) is 5.30. The van der Waals surface area contributed by atoms with E-state index >= 15 is 0 Å². The number of rotatable bonds is 5. The molecule has 0 radical (unpaired) electrons. The molecule has 0 aromatic heterocycles. The highest BCUT2D eigenvalue weighted by molar-refractivity contribution is 9.10. The topological polar surface area (TPSA) is 58.6 Å². The highest BCUT2D eigenvalue weighted by Gasteiger charge is 2.40. The average molecular weight is 355 g/mol.